The second kappa shape index (κ2) is 35.7. The number of carbonyl (C=O) groups is 12. The average Bonchev–Trinajstić information content (AvgIpc) is 1.05. The predicted molar refractivity (Wildman–Crippen MR) is 370 cm³/mol. The first-order valence-electron chi connectivity index (χ1n) is 37.3. The zero-order valence-electron chi connectivity index (χ0n) is 62.5. The highest BCUT2D eigenvalue weighted by atomic mass is 19.4. The summed E-state index contributed by atoms with van der Waals surface area (Å²) in [7, 11) is 12.8. The van der Waals surface area contributed by atoms with Gasteiger partial charge in [-0.25, -0.2) is 8.78 Å². The van der Waals surface area contributed by atoms with Gasteiger partial charge in [0.2, 0.25) is 70.9 Å². The predicted octanol–water partition coefficient (Wildman–Crippen LogP) is 5.89. The molecule has 2 unspecified atom stereocenters. The molecule has 102 heavy (non-hydrogen) atoms. The van der Waals surface area contributed by atoms with E-state index in [0.29, 0.717) is 44.4 Å². The van der Waals surface area contributed by atoms with Crippen molar-refractivity contribution in [2.75, 3.05) is 89.6 Å². The Morgan fingerprint density at radius 3 is 1.83 bits per heavy atom. The second-order valence-electron chi connectivity index (χ2n) is 30.9. The Hall–Kier alpha value is -6.97. The van der Waals surface area contributed by atoms with Crippen molar-refractivity contribution in [2.45, 2.75) is 254 Å². The van der Waals surface area contributed by atoms with E-state index in [2.05, 4.69) is 17.6 Å². The smallest absolute Gasteiger partial charge is 0.347 e. The summed E-state index contributed by atoms with van der Waals surface area (Å²) in [5, 5.41) is 5.61. The Labute approximate surface area is 599 Å². The van der Waals surface area contributed by atoms with Crippen LogP contribution in [0.4, 0.5) is 22.0 Å². The van der Waals surface area contributed by atoms with Crippen LogP contribution in [-0.4, -0.2) is 282 Å². The van der Waals surface area contributed by atoms with Crippen LogP contribution >= 0.6 is 0 Å². The van der Waals surface area contributed by atoms with Gasteiger partial charge in [0.25, 0.3) is 0 Å². The molecule has 7 rings (SSSR count). The molecular weight excluding hydrogens is 1330 g/mol. The minimum Gasteiger partial charge on any atom is -0.347 e. The van der Waals surface area contributed by atoms with Gasteiger partial charge in [-0.3, -0.25) is 57.5 Å². The number of hydrogen-bond donors (Lipinski definition) is 2. The molecule has 24 nitrogen and oxygen atoms in total. The first-order chi connectivity index (χ1) is 48.0. The lowest BCUT2D eigenvalue weighted by atomic mass is 9.73. The minimum atomic E-state index is -5.16. The quantitative estimate of drug-likeness (QED) is 0.181. The molecule has 1 spiro atoms. The van der Waals surface area contributed by atoms with Crippen LogP contribution in [0.15, 0.2) is 12.2 Å². The summed E-state index contributed by atoms with van der Waals surface area (Å²) >= 11 is 0. The van der Waals surface area contributed by atoms with E-state index in [4.69, 9.17) is 0 Å². The van der Waals surface area contributed by atoms with E-state index in [1.807, 2.05) is 19.9 Å². The van der Waals surface area contributed by atoms with Crippen LogP contribution in [0.1, 0.15) is 182 Å². The van der Waals surface area contributed by atoms with Crippen LogP contribution in [0.25, 0.3) is 0 Å². The fraction of sp³-hybridized carbons (Fsp3) is 0.808. The number of likely N-dealkylation sites (N-methyl/N-ethyl adjacent to an activating group) is 8. The molecule has 574 valence electrons. The summed E-state index contributed by atoms with van der Waals surface area (Å²) < 4.78 is 72.5. The number of hydrogen-bond acceptors (Lipinski definition) is 12. The number of nitrogens with zero attached hydrogens (tertiary/aromatic N) is 10. The molecule has 6 fully saturated rings. The number of carbonyl (C=O) groups excluding carboxylic acids is 12. The van der Waals surface area contributed by atoms with Crippen molar-refractivity contribution in [3.63, 3.8) is 0 Å². The fourth-order valence-electron chi connectivity index (χ4n) is 16.8. The van der Waals surface area contributed by atoms with Gasteiger partial charge < -0.3 is 59.6 Å². The standard InChI is InChI=1S/C73H115F5N12O12/c1-14-23-52-63(94)80-61(45(4)15-2)69(100)83(8)43-59(93)85(10)53-26-17-16-20-36-90(68(53)99)56(40-46-30-28-44(3)29-31-46)66(97)82(7)42-57(91)79-51(33-32-47-38-49(74)60(50(75)39-47)73(76,77)78)64(95)89-37-21-27-54(89)67(98)88(13)72(34-22-35-72)71(102)87(12)62(48-24-18-19-25-48)70(101)86(11)55(65(96)81(5)6)41-58(92)84(52)9/h16-17,44-56,60-62H,14-15,18-43H2,1-13H3,(H,79,91)(H,80,94)/b17-16-/t44?,45-,46?,47?,49?,50?,51-,52-,53-,54-,55-,56-,60?,61-,62-/m0/s1. The maximum atomic E-state index is 15.6. The lowest BCUT2D eigenvalue weighted by Gasteiger charge is -2.51. The summed E-state index contributed by atoms with van der Waals surface area (Å²) in [6.07, 6.45) is -0.971. The Kier molecular flexibility index (Phi) is 28.8. The van der Waals surface area contributed by atoms with Gasteiger partial charge in [-0.1, -0.05) is 91.2 Å². The van der Waals surface area contributed by atoms with E-state index < -0.39 is 199 Å². The molecule has 2 N–H and O–H groups in total. The molecule has 0 radical (unpaired) electrons. The Bertz CT molecular complexity index is 3040. The Balaban J connectivity index is 1.30. The molecule has 4 saturated carbocycles. The third-order valence-corrected chi connectivity index (χ3v) is 23.7. The molecule has 2 saturated heterocycles. The van der Waals surface area contributed by atoms with Crippen LogP contribution in [0.5, 0.6) is 0 Å². The summed E-state index contributed by atoms with van der Waals surface area (Å²) in [6.45, 7) is 6.29. The van der Waals surface area contributed by atoms with E-state index in [-0.39, 0.29) is 76.8 Å². The van der Waals surface area contributed by atoms with E-state index in [9.17, 15) is 41.9 Å². The van der Waals surface area contributed by atoms with Crippen molar-refractivity contribution in [2.24, 2.45) is 35.5 Å². The first kappa shape index (κ1) is 82.3. The van der Waals surface area contributed by atoms with Crippen LogP contribution in [0.2, 0.25) is 0 Å². The third-order valence-electron chi connectivity index (χ3n) is 23.7. The molecule has 29 heteroatoms. The molecule has 0 aromatic heterocycles. The zero-order chi connectivity index (χ0) is 75.6. The third kappa shape index (κ3) is 18.9. The van der Waals surface area contributed by atoms with Gasteiger partial charge in [-0.15, -0.1) is 0 Å². The number of alkyl halides is 5. The van der Waals surface area contributed by atoms with Crippen LogP contribution in [0.3, 0.4) is 0 Å². The topological polar surface area (TPSA) is 261 Å². The lowest BCUT2D eigenvalue weighted by Crippen LogP contribution is -2.68. The molecule has 12 amide bonds. The van der Waals surface area contributed by atoms with Crippen molar-refractivity contribution in [3.8, 4) is 0 Å². The number of amides is 12. The zero-order valence-corrected chi connectivity index (χ0v) is 62.5. The van der Waals surface area contributed by atoms with Crippen LogP contribution < -0.4 is 10.6 Å². The number of nitrogens with one attached hydrogen (secondary N) is 2. The van der Waals surface area contributed by atoms with Crippen LogP contribution in [-0.2, 0) is 57.5 Å². The van der Waals surface area contributed by atoms with Crippen molar-refractivity contribution in [3.05, 3.63) is 12.2 Å². The highest BCUT2D eigenvalue weighted by molar-refractivity contribution is 6.01. The van der Waals surface area contributed by atoms with Crippen molar-refractivity contribution in [1.82, 2.24) is 59.6 Å². The van der Waals surface area contributed by atoms with Crippen LogP contribution in [0, 0.1) is 35.5 Å². The molecular formula is C73H115F5N12O12. The lowest BCUT2D eigenvalue weighted by molar-refractivity contribution is -0.219. The molecule has 3 aliphatic heterocycles. The summed E-state index contributed by atoms with van der Waals surface area (Å²) in [5.41, 5.74) is -1.54. The molecule has 0 aromatic carbocycles. The van der Waals surface area contributed by atoms with E-state index in [1.54, 1.807) is 13.0 Å². The number of rotatable bonds is 11. The average molecular weight is 1450 g/mol. The Morgan fingerprint density at radius 1 is 0.627 bits per heavy atom. The highest BCUT2D eigenvalue weighted by Crippen LogP contribution is 2.46. The Morgan fingerprint density at radius 2 is 1.25 bits per heavy atom. The maximum Gasteiger partial charge on any atom is 0.397 e. The van der Waals surface area contributed by atoms with E-state index in [0.717, 1.165) is 53.2 Å². The van der Waals surface area contributed by atoms with Gasteiger partial charge in [0.15, 0.2) is 0 Å². The molecule has 4 aliphatic carbocycles. The molecule has 11 atom stereocenters. The maximum absolute atomic E-state index is 15.6. The molecule has 3 heterocycles. The number of fused-ring (bicyclic) bond motifs is 3. The summed E-state index contributed by atoms with van der Waals surface area (Å²) in [6, 6.07) is -10.2. The summed E-state index contributed by atoms with van der Waals surface area (Å²) in [5.74, 6) is -12.5. The van der Waals surface area contributed by atoms with Gasteiger partial charge in [0.05, 0.1) is 19.5 Å². The van der Waals surface area contributed by atoms with Gasteiger partial charge in [0.1, 0.15) is 72.1 Å². The largest absolute Gasteiger partial charge is 0.397 e. The molecule has 7 aliphatic rings. The first-order valence-corrected chi connectivity index (χ1v) is 37.3. The van der Waals surface area contributed by atoms with Gasteiger partial charge in [-0.2, -0.15) is 13.2 Å². The SMILES string of the molecule is CCC[C@H]1C(=O)N[C@@H]([C@@H](C)CC)C(=O)N(C)CC(=O)N(C)[C@H]2C/C=C\CCN(C2=O)[C@@H](CC2CCC(C)CC2)C(=O)N(C)CC(=O)N[C@@H](CCC2CC(F)C(C(F)(F)F)C(F)C2)C(=O)N2CCC[C@H]2C(=O)N(C)C2(CCC2)C(=O)N(C)[C@@H](C2CCCC2)C(=O)N(C)[C@H](C(=O)N(C)C)CC(=O)N1C. The van der Waals surface area contributed by atoms with Gasteiger partial charge in [-0.05, 0) is 126 Å². The molecule has 0 aromatic rings. The monoisotopic (exact) mass is 1450 g/mol. The van der Waals surface area contributed by atoms with Crippen molar-refractivity contribution < 1.29 is 79.5 Å². The number of halogens is 5. The highest BCUT2D eigenvalue weighted by Gasteiger charge is 2.57. The molecule has 2 bridgehead atoms. The van der Waals surface area contributed by atoms with Crippen molar-refractivity contribution >= 4 is 70.9 Å². The fourth-order valence-corrected chi connectivity index (χ4v) is 16.8. The van der Waals surface area contributed by atoms with Gasteiger partial charge >= 0.3 is 6.18 Å². The van der Waals surface area contributed by atoms with E-state index >= 15 is 37.5 Å². The summed E-state index contributed by atoms with van der Waals surface area (Å²) in [4.78, 5) is 193. The second-order valence-corrected chi connectivity index (χ2v) is 30.9. The minimum absolute atomic E-state index is 0.0246. The van der Waals surface area contributed by atoms with Gasteiger partial charge in [0, 0.05) is 76.5 Å². The normalized spacial score (nSPS) is 32.3. The van der Waals surface area contributed by atoms with Crippen molar-refractivity contribution in [1.29, 1.82) is 0 Å². The van der Waals surface area contributed by atoms with E-state index in [1.165, 1.54) is 97.7 Å².